The second-order valence-electron chi connectivity index (χ2n) is 6.65. The Bertz CT molecular complexity index is 400. The highest BCUT2D eigenvalue weighted by Gasteiger charge is 2.71. The Morgan fingerprint density at radius 3 is 1.19 bits per heavy atom. The molecule has 0 atom stereocenters. The van der Waals surface area contributed by atoms with Gasteiger partial charge in [-0.1, -0.05) is 51.4 Å². The average Bonchev–Trinajstić information content (AvgIpc) is 2.54. The maximum atomic E-state index is 13.4. The second kappa shape index (κ2) is 11.5. The number of unbranched alkanes of at least 4 members (excludes halogenated alkanes) is 9. The van der Waals surface area contributed by atoms with Crippen molar-refractivity contribution in [2.45, 2.75) is 101 Å². The Balaban J connectivity index is 3.75. The van der Waals surface area contributed by atoms with E-state index in [9.17, 15) is 39.5 Å². The third-order valence-electron chi connectivity index (χ3n) is 4.28. The van der Waals surface area contributed by atoms with E-state index < -0.39 is 47.5 Å². The maximum absolute atomic E-state index is 13.4. The van der Waals surface area contributed by atoms with Crippen molar-refractivity contribution in [3.8, 4) is 0 Å². The zero-order valence-electron chi connectivity index (χ0n) is 15.3. The molecule has 0 N–H and O–H groups in total. The molecule has 0 amide bonds. The smallest absolute Gasteiger partial charge is 0.369 e. The number of hydrogen-bond donors (Lipinski definition) is 0. The molecule has 0 fully saturated rings. The van der Waals surface area contributed by atoms with E-state index in [0.29, 0.717) is 25.7 Å². The normalized spacial score (nSPS) is 14.1. The van der Waals surface area contributed by atoms with Crippen molar-refractivity contribution in [3.05, 3.63) is 0 Å². The third kappa shape index (κ3) is 10.0. The number of hydrogen-bond acceptors (Lipinski definition) is 1. The summed E-state index contributed by atoms with van der Waals surface area (Å²) in [5.74, 6) is -10.4. The van der Waals surface area contributed by atoms with E-state index in [0.717, 1.165) is 19.3 Å². The Hall–Kier alpha value is -0.453. The summed E-state index contributed by atoms with van der Waals surface area (Å²) in [6, 6.07) is 0. The van der Waals surface area contributed by atoms with Gasteiger partial charge in [0.25, 0.3) is 0 Å². The fourth-order valence-corrected chi connectivity index (χ4v) is 2.84. The topological polar surface area (TPSA) is 9.23 Å². The molecule has 0 unspecified atom stereocenters. The lowest BCUT2D eigenvalue weighted by Gasteiger charge is -2.31. The molecule has 27 heavy (non-hydrogen) atoms. The van der Waals surface area contributed by atoms with E-state index in [1.165, 1.54) is 0 Å². The molecule has 164 valence electrons. The molecule has 0 aliphatic heterocycles. The van der Waals surface area contributed by atoms with Gasteiger partial charge in [-0.25, -0.2) is 0 Å². The van der Waals surface area contributed by atoms with Crippen molar-refractivity contribution in [1.29, 1.82) is 0 Å². The number of rotatable bonds is 15. The van der Waals surface area contributed by atoms with Gasteiger partial charge in [0.15, 0.2) is 10.5 Å². The highest BCUT2D eigenvalue weighted by atomic mass is 28.2. The lowest BCUT2D eigenvalue weighted by Crippen LogP contribution is -2.55. The van der Waals surface area contributed by atoms with Crippen molar-refractivity contribution >= 4 is 10.5 Å². The van der Waals surface area contributed by atoms with Gasteiger partial charge < -0.3 is 4.43 Å². The van der Waals surface area contributed by atoms with Crippen LogP contribution in [0.1, 0.15) is 77.0 Å². The summed E-state index contributed by atoms with van der Waals surface area (Å²) in [4.78, 5) is 0. The Morgan fingerprint density at radius 2 is 0.852 bits per heavy atom. The van der Waals surface area contributed by atoms with Crippen LogP contribution in [0.25, 0.3) is 0 Å². The SMILES string of the molecule is FC(F)(F)CCCCCCCCCCCCC(F)(F)C(F)(F)C(F)(F)O[SiH3]. The van der Waals surface area contributed by atoms with Crippen molar-refractivity contribution in [3.63, 3.8) is 0 Å². The lowest BCUT2D eigenvalue weighted by atomic mass is 10.0. The van der Waals surface area contributed by atoms with Crippen LogP contribution < -0.4 is 0 Å². The molecule has 0 aliphatic carbocycles. The zero-order valence-corrected chi connectivity index (χ0v) is 17.3. The van der Waals surface area contributed by atoms with Crippen LogP contribution in [0.5, 0.6) is 0 Å². The Kier molecular flexibility index (Phi) is 11.3. The molecule has 0 spiro atoms. The van der Waals surface area contributed by atoms with E-state index in [2.05, 4.69) is 4.43 Å². The van der Waals surface area contributed by atoms with E-state index in [4.69, 9.17) is 0 Å². The summed E-state index contributed by atoms with van der Waals surface area (Å²) in [5, 5.41) is 0. The molecule has 0 aromatic rings. The quantitative estimate of drug-likeness (QED) is 0.165. The first-order valence-corrected chi connectivity index (χ1v) is 9.84. The summed E-state index contributed by atoms with van der Waals surface area (Å²) in [6.45, 7) is 0. The van der Waals surface area contributed by atoms with Crippen LogP contribution in [0.3, 0.4) is 0 Å². The molecule has 0 aromatic heterocycles. The molecule has 0 radical (unpaired) electrons. The predicted molar refractivity (Wildman–Crippen MR) is 87.3 cm³/mol. The molecule has 0 aliphatic rings. The molecular weight excluding hydrogens is 407 g/mol. The zero-order chi connectivity index (χ0) is 21.2. The van der Waals surface area contributed by atoms with E-state index in [-0.39, 0.29) is 19.3 Å². The Labute approximate surface area is 156 Å². The van der Waals surface area contributed by atoms with E-state index in [1.807, 2.05) is 0 Å². The molecular formula is C16H27F9OSi. The van der Waals surface area contributed by atoms with Gasteiger partial charge in [0.1, 0.15) is 0 Å². The second-order valence-corrected chi connectivity index (χ2v) is 7.06. The molecule has 0 saturated carbocycles. The van der Waals surface area contributed by atoms with Crippen LogP contribution in [0.15, 0.2) is 0 Å². The highest BCUT2D eigenvalue weighted by Crippen LogP contribution is 2.48. The summed E-state index contributed by atoms with van der Waals surface area (Å²) in [7, 11) is -0.797. The first kappa shape index (κ1) is 26.5. The summed E-state index contributed by atoms with van der Waals surface area (Å²) in [5.41, 5.74) is 0. The fourth-order valence-electron chi connectivity index (χ4n) is 2.58. The van der Waals surface area contributed by atoms with E-state index in [1.54, 1.807) is 0 Å². The minimum Gasteiger partial charge on any atom is -0.369 e. The lowest BCUT2D eigenvalue weighted by molar-refractivity contribution is -0.373. The van der Waals surface area contributed by atoms with Crippen molar-refractivity contribution in [2.24, 2.45) is 0 Å². The van der Waals surface area contributed by atoms with Crippen LogP contribution in [-0.4, -0.2) is 34.6 Å². The molecule has 0 heterocycles. The van der Waals surface area contributed by atoms with Gasteiger partial charge in [-0.3, -0.25) is 0 Å². The van der Waals surface area contributed by atoms with E-state index >= 15 is 0 Å². The van der Waals surface area contributed by atoms with Gasteiger partial charge in [-0.2, -0.15) is 39.5 Å². The summed E-state index contributed by atoms with van der Waals surface area (Å²) in [6.07, 6.45) is -6.73. The fraction of sp³-hybridized carbons (Fsp3) is 1.00. The Morgan fingerprint density at radius 1 is 0.519 bits per heavy atom. The molecule has 0 saturated heterocycles. The van der Waals surface area contributed by atoms with Gasteiger partial charge in [-0.05, 0) is 12.8 Å². The van der Waals surface area contributed by atoms with Crippen molar-refractivity contribution in [2.75, 3.05) is 0 Å². The van der Waals surface area contributed by atoms with Gasteiger partial charge in [-0.15, -0.1) is 0 Å². The molecule has 0 bridgehead atoms. The molecule has 11 heteroatoms. The monoisotopic (exact) mass is 434 g/mol. The van der Waals surface area contributed by atoms with Gasteiger partial charge in [0, 0.05) is 12.8 Å². The standard InChI is InChI=1S/C16H27F9OSi/c17-13(18,15(22,23)16(24,25)26-27)11-9-7-5-3-1-2-4-6-8-10-12-14(19,20)21/h1-12H2,27H3. The maximum Gasteiger partial charge on any atom is 0.415 e. The van der Waals surface area contributed by atoms with Gasteiger partial charge >= 0.3 is 24.1 Å². The average molecular weight is 434 g/mol. The number of alkyl halides is 9. The van der Waals surface area contributed by atoms with Crippen LogP contribution in [0.4, 0.5) is 39.5 Å². The van der Waals surface area contributed by atoms with Crippen LogP contribution >= 0.6 is 0 Å². The van der Waals surface area contributed by atoms with Gasteiger partial charge in [0.05, 0.1) is 0 Å². The minimum atomic E-state index is -5.55. The predicted octanol–water partition coefficient (Wildman–Crippen LogP) is 6.39. The van der Waals surface area contributed by atoms with Crippen LogP contribution in [0.2, 0.25) is 0 Å². The molecule has 1 nitrogen and oxygen atoms in total. The van der Waals surface area contributed by atoms with Gasteiger partial charge in [0.2, 0.25) is 0 Å². The molecule has 0 aromatic carbocycles. The summed E-state index contributed by atoms with van der Waals surface area (Å²) >= 11 is 0. The summed E-state index contributed by atoms with van der Waals surface area (Å²) < 4.78 is 118. The van der Waals surface area contributed by atoms with Crippen molar-refractivity contribution < 1.29 is 43.9 Å². The molecule has 0 rings (SSSR count). The van der Waals surface area contributed by atoms with Crippen LogP contribution in [-0.2, 0) is 4.43 Å². The minimum absolute atomic E-state index is 0.104. The number of halogens is 9. The first-order valence-electron chi connectivity index (χ1n) is 9.02. The van der Waals surface area contributed by atoms with Crippen molar-refractivity contribution in [1.82, 2.24) is 0 Å². The largest absolute Gasteiger partial charge is 0.415 e. The highest BCUT2D eigenvalue weighted by molar-refractivity contribution is 5.98. The third-order valence-corrected chi connectivity index (χ3v) is 4.80. The first-order chi connectivity index (χ1) is 12.3. The van der Waals surface area contributed by atoms with Crippen LogP contribution in [0, 0.1) is 0 Å².